The molecule has 6 heteroatoms. The monoisotopic (exact) mass is 247 g/mol. The minimum Gasteiger partial charge on any atom is -0.391 e. The van der Waals surface area contributed by atoms with Crippen LogP contribution in [0.25, 0.3) is 10.9 Å². The Hall–Kier alpha value is -1.95. The van der Waals surface area contributed by atoms with Gasteiger partial charge in [0.25, 0.3) is 5.69 Å². The van der Waals surface area contributed by atoms with E-state index in [0.29, 0.717) is 0 Å². The summed E-state index contributed by atoms with van der Waals surface area (Å²) in [6.07, 6.45) is 3.86. The van der Waals surface area contributed by atoms with Gasteiger partial charge in [0.15, 0.2) is 0 Å². The first-order chi connectivity index (χ1) is 8.66. The predicted molar refractivity (Wildman–Crippen MR) is 65.3 cm³/mol. The molecule has 1 aromatic carbocycles. The van der Waals surface area contributed by atoms with Crippen molar-refractivity contribution >= 4 is 16.6 Å². The summed E-state index contributed by atoms with van der Waals surface area (Å²) in [5.74, 6) is 0. The summed E-state index contributed by atoms with van der Waals surface area (Å²) in [4.78, 5) is 10.4. The second-order valence-corrected chi connectivity index (χ2v) is 4.65. The molecule has 0 saturated heterocycles. The normalized spacial score (nSPS) is 23.6. The van der Waals surface area contributed by atoms with E-state index in [1.54, 1.807) is 16.9 Å². The van der Waals surface area contributed by atoms with Crippen molar-refractivity contribution in [3.05, 3.63) is 34.5 Å². The third kappa shape index (κ3) is 1.65. The lowest BCUT2D eigenvalue weighted by atomic mass is 10.2. The molecular formula is C12H13N3O3. The molecule has 0 radical (unpaired) electrons. The Kier molecular flexibility index (Phi) is 2.52. The van der Waals surface area contributed by atoms with E-state index >= 15 is 0 Å². The van der Waals surface area contributed by atoms with Gasteiger partial charge >= 0.3 is 0 Å². The van der Waals surface area contributed by atoms with Crippen LogP contribution >= 0.6 is 0 Å². The largest absolute Gasteiger partial charge is 0.391 e. The molecule has 2 aromatic rings. The van der Waals surface area contributed by atoms with Crippen LogP contribution in [-0.4, -0.2) is 25.9 Å². The van der Waals surface area contributed by atoms with Crippen LogP contribution in [0.15, 0.2) is 24.4 Å². The molecule has 0 spiro atoms. The van der Waals surface area contributed by atoms with Crippen LogP contribution in [0.2, 0.25) is 0 Å². The Morgan fingerprint density at radius 1 is 1.44 bits per heavy atom. The van der Waals surface area contributed by atoms with Gasteiger partial charge in [-0.3, -0.25) is 14.8 Å². The average molecular weight is 247 g/mol. The van der Waals surface area contributed by atoms with Crippen LogP contribution in [0.4, 0.5) is 5.69 Å². The number of hydrogen-bond acceptors (Lipinski definition) is 4. The van der Waals surface area contributed by atoms with E-state index in [0.717, 1.165) is 30.2 Å². The van der Waals surface area contributed by atoms with Gasteiger partial charge in [-0.1, -0.05) is 0 Å². The quantitative estimate of drug-likeness (QED) is 0.650. The zero-order chi connectivity index (χ0) is 12.7. The SMILES string of the molecule is O=[N+]([O-])c1ccc2cnn(C3CCCC3O)c2c1. The van der Waals surface area contributed by atoms with Crippen LogP contribution in [0.5, 0.6) is 0 Å². The van der Waals surface area contributed by atoms with Crippen molar-refractivity contribution in [3.8, 4) is 0 Å². The second-order valence-electron chi connectivity index (χ2n) is 4.65. The molecule has 2 unspecified atom stereocenters. The Labute approximate surface area is 103 Å². The molecule has 94 valence electrons. The Bertz CT molecular complexity index is 608. The molecule has 0 bridgehead atoms. The van der Waals surface area contributed by atoms with Crippen LogP contribution in [0.3, 0.4) is 0 Å². The van der Waals surface area contributed by atoms with E-state index in [9.17, 15) is 15.2 Å². The number of benzene rings is 1. The summed E-state index contributed by atoms with van der Waals surface area (Å²) in [6, 6.07) is 4.62. The highest BCUT2D eigenvalue weighted by atomic mass is 16.6. The first-order valence-corrected chi connectivity index (χ1v) is 5.96. The number of nitro groups is 1. The van der Waals surface area contributed by atoms with Gasteiger partial charge < -0.3 is 5.11 Å². The molecular weight excluding hydrogens is 234 g/mol. The highest BCUT2D eigenvalue weighted by Gasteiger charge is 2.28. The number of rotatable bonds is 2. The molecule has 2 atom stereocenters. The molecule has 1 aliphatic carbocycles. The number of aliphatic hydroxyl groups excluding tert-OH is 1. The third-order valence-corrected chi connectivity index (χ3v) is 3.55. The number of non-ortho nitro benzene ring substituents is 1. The fraction of sp³-hybridized carbons (Fsp3) is 0.417. The van der Waals surface area contributed by atoms with E-state index < -0.39 is 11.0 Å². The Morgan fingerprint density at radius 2 is 2.28 bits per heavy atom. The molecule has 18 heavy (non-hydrogen) atoms. The number of fused-ring (bicyclic) bond motifs is 1. The molecule has 1 aliphatic rings. The van der Waals surface area contributed by atoms with Gasteiger partial charge in [0.2, 0.25) is 0 Å². The van der Waals surface area contributed by atoms with Gasteiger partial charge in [-0.15, -0.1) is 0 Å². The van der Waals surface area contributed by atoms with Gasteiger partial charge in [-0.05, 0) is 25.3 Å². The van der Waals surface area contributed by atoms with Crippen molar-refractivity contribution in [1.29, 1.82) is 0 Å². The minimum absolute atomic E-state index is 0.0525. The molecule has 1 fully saturated rings. The van der Waals surface area contributed by atoms with Crippen LogP contribution in [-0.2, 0) is 0 Å². The van der Waals surface area contributed by atoms with Crippen molar-refractivity contribution in [2.24, 2.45) is 0 Å². The van der Waals surface area contributed by atoms with Gasteiger partial charge in [0.05, 0.1) is 28.8 Å². The molecule has 0 aliphatic heterocycles. The molecule has 1 heterocycles. The van der Waals surface area contributed by atoms with Crippen LogP contribution in [0, 0.1) is 10.1 Å². The number of hydrogen-bond donors (Lipinski definition) is 1. The zero-order valence-corrected chi connectivity index (χ0v) is 9.69. The highest BCUT2D eigenvalue weighted by molar-refractivity contribution is 5.81. The van der Waals surface area contributed by atoms with Crippen molar-refractivity contribution in [3.63, 3.8) is 0 Å². The van der Waals surface area contributed by atoms with Gasteiger partial charge in [0.1, 0.15) is 0 Å². The molecule has 1 aromatic heterocycles. The van der Waals surface area contributed by atoms with E-state index in [4.69, 9.17) is 0 Å². The standard InChI is InChI=1S/C12H13N3O3/c16-12-3-1-2-10(12)14-11-6-9(15(17)18)5-4-8(11)7-13-14/h4-7,10,12,16H,1-3H2. The summed E-state index contributed by atoms with van der Waals surface area (Å²) in [5, 5.41) is 25.8. The topological polar surface area (TPSA) is 81.2 Å². The molecule has 0 amide bonds. The number of aliphatic hydroxyl groups is 1. The minimum atomic E-state index is -0.415. The Morgan fingerprint density at radius 3 is 2.94 bits per heavy atom. The third-order valence-electron chi connectivity index (χ3n) is 3.55. The summed E-state index contributed by atoms with van der Waals surface area (Å²) in [7, 11) is 0. The van der Waals surface area contributed by atoms with Crippen molar-refractivity contribution in [2.45, 2.75) is 31.4 Å². The van der Waals surface area contributed by atoms with E-state index in [1.165, 1.54) is 12.1 Å². The molecule has 1 N–H and O–H groups in total. The zero-order valence-electron chi connectivity index (χ0n) is 9.69. The van der Waals surface area contributed by atoms with Crippen molar-refractivity contribution < 1.29 is 10.0 Å². The smallest absolute Gasteiger partial charge is 0.271 e. The number of nitrogens with zero attached hydrogens (tertiary/aromatic N) is 3. The lowest BCUT2D eigenvalue weighted by Crippen LogP contribution is -2.19. The summed E-state index contributed by atoms with van der Waals surface area (Å²) >= 11 is 0. The lowest BCUT2D eigenvalue weighted by molar-refractivity contribution is -0.384. The maximum Gasteiger partial charge on any atom is 0.271 e. The molecule has 6 nitrogen and oxygen atoms in total. The van der Waals surface area contributed by atoms with Gasteiger partial charge in [-0.2, -0.15) is 5.10 Å². The highest BCUT2D eigenvalue weighted by Crippen LogP contribution is 2.33. The van der Waals surface area contributed by atoms with Crippen molar-refractivity contribution in [2.75, 3.05) is 0 Å². The van der Waals surface area contributed by atoms with Crippen LogP contribution < -0.4 is 0 Å². The number of nitro benzene ring substituents is 1. The number of aromatic nitrogens is 2. The predicted octanol–water partition coefficient (Wildman–Crippen LogP) is 2.03. The van der Waals surface area contributed by atoms with Gasteiger partial charge in [0, 0.05) is 17.5 Å². The summed E-state index contributed by atoms with van der Waals surface area (Å²) < 4.78 is 1.72. The first-order valence-electron chi connectivity index (χ1n) is 5.96. The van der Waals surface area contributed by atoms with Gasteiger partial charge in [-0.25, -0.2) is 0 Å². The Balaban J connectivity index is 2.11. The summed E-state index contributed by atoms with van der Waals surface area (Å²) in [6.45, 7) is 0. The van der Waals surface area contributed by atoms with E-state index in [-0.39, 0.29) is 11.7 Å². The first kappa shape index (κ1) is 11.2. The summed E-state index contributed by atoms with van der Waals surface area (Å²) in [5.41, 5.74) is 0.770. The fourth-order valence-corrected chi connectivity index (χ4v) is 2.61. The fourth-order valence-electron chi connectivity index (χ4n) is 2.61. The molecule has 1 saturated carbocycles. The molecule has 3 rings (SSSR count). The van der Waals surface area contributed by atoms with Crippen molar-refractivity contribution in [1.82, 2.24) is 9.78 Å². The van der Waals surface area contributed by atoms with E-state index in [2.05, 4.69) is 5.10 Å². The maximum absolute atomic E-state index is 10.8. The lowest BCUT2D eigenvalue weighted by Gasteiger charge is -2.15. The maximum atomic E-state index is 10.8. The van der Waals surface area contributed by atoms with E-state index in [1.807, 2.05) is 0 Å². The average Bonchev–Trinajstić information content (AvgIpc) is 2.93. The van der Waals surface area contributed by atoms with Crippen LogP contribution in [0.1, 0.15) is 25.3 Å². The second kappa shape index (κ2) is 4.06.